The van der Waals surface area contributed by atoms with Crippen LogP contribution in [0.3, 0.4) is 0 Å². The van der Waals surface area contributed by atoms with Gasteiger partial charge in [0.15, 0.2) is 0 Å². The van der Waals surface area contributed by atoms with Crippen LogP contribution in [0.25, 0.3) is 0 Å². The van der Waals surface area contributed by atoms with Crippen LogP contribution >= 0.6 is 11.6 Å². The van der Waals surface area contributed by atoms with E-state index in [4.69, 9.17) is 11.6 Å². The summed E-state index contributed by atoms with van der Waals surface area (Å²) >= 11 is 6.05. The number of nitrogens with zero attached hydrogens (tertiary/aromatic N) is 1. The van der Waals surface area contributed by atoms with Gasteiger partial charge in [-0.2, -0.15) is 0 Å². The first-order chi connectivity index (χ1) is 9.13. The van der Waals surface area contributed by atoms with Gasteiger partial charge in [0, 0.05) is 17.3 Å². The molecule has 0 aliphatic carbocycles. The summed E-state index contributed by atoms with van der Waals surface area (Å²) in [6, 6.07) is 5.67. The third-order valence-corrected chi connectivity index (χ3v) is 3.78. The fraction of sp³-hybridized carbons (Fsp3) is 0.533. The summed E-state index contributed by atoms with van der Waals surface area (Å²) in [5.41, 5.74) is 2.04. The van der Waals surface area contributed by atoms with E-state index in [0.29, 0.717) is 5.02 Å². The smallest absolute Gasteiger partial charge is 0.244 e. The maximum absolute atomic E-state index is 12.5. The number of piperidine rings is 1. The molecule has 19 heavy (non-hydrogen) atoms. The fourth-order valence-corrected chi connectivity index (χ4v) is 2.66. The van der Waals surface area contributed by atoms with E-state index in [1.54, 1.807) is 0 Å². The minimum Gasteiger partial charge on any atom is -0.311 e. The van der Waals surface area contributed by atoms with Crippen LogP contribution in [-0.4, -0.2) is 25.0 Å². The number of hydrogen-bond acceptors (Lipinski definition) is 2. The molecule has 0 saturated carbocycles. The molecule has 0 radical (unpaired) electrons. The van der Waals surface area contributed by atoms with Crippen molar-refractivity contribution in [2.75, 3.05) is 18.0 Å². The number of carbonyl (C=O) groups excluding carboxylic acids is 1. The lowest BCUT2D eigenvalue weighted by molar-refractivity contribution is -0.121. The van der Waals surface area contributed by atoms with Crippen molar-refractivity contribution in [3.05, 3.63) is 28.8 Å². The van der Waals surface area contributed by atoms with Crippen molar-refractivity contribution in [2.45, 2.75) is 39.2 Å². The molecule has 2 rings (SSSR count). The van der Waals surface area contributed by atoms with Gasteiger partial charge in [-0.05, 0) is 50.4 Å². The lowest BCUT2D eigenvalue weighted by atomic mass is 10.0. The fourth-order valence-electron chi connectivity index (χ4n) is 2.50. The second-order valence-electron chi connectivity index (χ2n) is 5.07. The Morgan fingerprint density at radius 2 is 2.26 bits per heavy atom. The Kier molecular flexibility index (Phi) is 4.83. The molecule has 1 atom stereocenters. The van der Waals surface area contributed by atoms with Gasteiger partial charge in [0.05, 0.1) is 6.04 Å². The quantitative estimate of drug-likeness (QED) is 0.919. The number of anilines is 1. The Morgan fingerprint density at radius 1 is 1.47 bits per heavy atom. The molecule has 1 aliphatic heterocycles. The lowest BCUT2D eigenvalue weighted by Gasteiger charge is -2.33. The molecule has 1 aromatic carbocycles. The normalized spacial score (nSPS) is 19.8. The zero-order valence-corrected chi connectivity index (χ0v) is 12.3. The van der Waals surface area contributed by atoms with Crippen molar-refractivity contribution in [2.24, 2.45) is 0 Å². The highest BCUT2D eigenvalue weighted by Crippen LogP contribution is 2.27. The van der Waals surface area contributed by atoms with Crippen LogP contribution in [0, 0.1) is 6.92 Å². The van der Waals surface area contributed by atoms with E-state index in [0.717, 1.165) is 43.6 Å². The van der Waals surface area contributed by atoms with Gasteiger partial charge >= 0.3 is 0 Å². The van der Waals surface area contributed by atoms with Crippen molar-refractivity contribution in [3.63, 3.8) is 0 Å². The van der Waals surface area contributed by atoms with Gasteiger partial charge in [-0.1, -0.05) is 24.6 Å². The van der Waals surface area contributed by atoms with E-state index in [9.17, 15) is 4.79 Å². The van der Waals surface area contributed by atoms with Gasteiger partial charge in [-0.15, -0.1) is 0 Å². The van der Waals surface area contributed by atoms with Gasteiger partial charge < -0.3 is 10.2 Å². The first kappa shape index (κ1) is 14.4. The molecule has 3 nitrogen and oxygen atoms in total. The number of nitrogens with one attached hydrogen (secondary N) is 1. The SMILES string of the molecule is CCCNC1CCCN(c2cc(Cl)ccc2C)C1=O. The number of benzene rings is 1. The molecular formula is C15H21ClN2O. The zero-order chi connectivity index (χ0) is 13.8. The number of aryl methyl sites for hydroxylation is 1. The summed E-state index contributed by atoms with van der Waals surface area (Å²) in [5.74, 6) is 0.171. The van der Waals surface area contributed by atoms with Crippen molar-refractivity contribution in [3.8, 4) is 0 Å². The highest BCUT2D eigenvalue weighted by Gasteiger charge is 2.29. The molecule has 1 fully saturated rings. The molecule has 1 aromatic rings. The minimum atomic E-state index is -0.0490. The molecule has 4 heteroatoms. The predicted octanol–water partition coefficient (Wildman–Crippen LogP) is 3.14. The van der Waals surface area contributed by atoms with Gasteiger partial charge in [0.1, 0.15) is 0 Å². The third kappa shape index (κ3) is 3.28. The Balaban J connectivity index is 2.19. The van der Waals surface area contributed by atoms with Gasteiger partial charge in [0.2, 0.25) is 5.91 Å². The van der Waals surface area contributed by atoms with Gasteiger partial charge in [-0.25, -0.2) is 0 Å². The highest BCUT2D eigenvalue weighted by molar-refractivity contribution is 6.31. The van der Waals surface area contributed by atoms with E-state index < -0.39 is 0 Å². The van der Waals surface area contributed by atoms with E-state index in [1.807, 2.05) is 30.0 Å². The van der Waals surface area contributed by atoms with E-state index in [2.05, 4.69) is 12.2 Å². The van der Waals surface area contributed by atoms with Crippen molar-refractivity contribution >= 4 is 23.2 Å². The molecule has 1 heterocycles. The van der Waals surface area contributed by atoms with E-state index in [1.165, 1.54) is 0 Å². The Morgan fingerprint density at radius 3 is 3.00 bits per heavy atom. The average molecular weight is 281 g/mol. The predicted molar refractivity (Wildman–Crippen MR) is 79.9 cm³/mol. The molecule has 1 N–H and O–H groups in total. The molecular weight excluding hydrogens is 260 g/mol. The summed E-state index contributed by atoms with van der Waals surface area (Å²) in [6.45, 7) is 5.80. The number of hydrogen-bond donors (Lipinski definition) is 1. The van der Waals surface area contributed by atoms with Crippen LogP contribution in [0.2, 0.25) is 5.02 Å². The molecule has 1 saturated heterocycles. The van der Waals surface area contributed by atoms with Crippen molar-refractivity contribution < 1.29 is 4.79 Å². The number of amides is 1. The largest absolute Gasteiger partial charge is 0.311 e. The molecule has 104 valence electrons. The van der Waals surface area contributed by atoms with Gasteiger partial charge in [0.25, 0.3) is 0 Å². The summed E-state index contributed by atoms with van der Waals surface area (Å²) in [6.07, 6.45) is 2.99. The number of carbonyl (C=O) groups is 1. The van der Waals surface area contributed by atoms with E-state index >= 15 is 0 Å². The van der Waals surface area contributed by atoms with Crippen molar-refractivity contribution in [1.82, 2.24) is 5.32 Å². The van der Waals surface area contributed by atoms with Gasteiger partial charge in [-0.3, -0.25) is 4.79 Å². The molecule has 1 unspecified atom stereocenters. The minimum absolute atomic E-state index is 0.0490. The maximum Gasteiger partial charge on any atom is 0.244 e. The topological polar surface area (TPSA) is 32.3 Å². The van der Waals surface area contributed by atoms with Crippen LogP contribution in [0.5, 0.6) is 0 Å². The molecule has 1 aliphatic rings. The molecule has 0 spiro atoms. The maximum atomic E-state index is 12.5. The Labute approximate surface area is 119 Å². The monoisotopic (exact) mass is 280 g/mol. The lowest BCUT2D eigenvalue weighted by Crippen LogP contribution is -2.51. The van der Waals surface area contributed by atoms with Crippen LogP contribution in [0.1, 0.15) is 31.7 Å². The number of rotatable bonds is 4. The van der Waals surface area contributed by atoms with E-state index in [-0.39, 0.29) is 11.9 Å². The van der Waals surface area contributed by atoms with Crippen molar-refractivity contribution in [1.29, 1.82) is 0 Å². The van der Waals surface area contributed by atoms with Crippen LogP contribution in [-0.2, 0) is 4.79 Å². The average Bonchev–Trinajstić information content (AvgIpc) is 2.41. The second-order valence-corrected chi connectivity index (χ2v) is 5.51. The van der Waals surface area contributed by atoms with Crippen LogP contribution in [0.4, 0.5) is 5.69 Å². The zero-order valence-electron chi connectivity index (χ0n) is 11.6. The molecule has 0 bridgehead atoms. The van der Waals surface area contributed by atoms with Crippen LogP contribution in [0.15, 0.2) is 18.2 Å². The molecule has 0 aromatic heterocycles. The summed E-state index contributed by atoms with van der Waals surface area (Å²) < 4.78 is 0. The summed E-state index contributed by atoms with van der Waals surface area (Å²) in [7, 11) is 0. The standard InChI is InChI=1S/C15H21ClN2O/c1-3-8-17-13-5-4-9-18(15(13)19)14-10-12(16)7-6-11(14)2/h6-7,10,13,17H,3-5,8-9H2,1-2H3. The third-order valence-electron chi connectivity index (χ3n) is 3.54. The Hall–Kier alpha value is -1.06. The first-order valence-corrected chi connectivity index (χ1v) is 7.32. The second kappa shape index (κ2) is 6.40. The number of halogens is 1. The molecule has 1 amide bonds. The summed E-state index contributed by atoms with van der Waals surface area (Å²) in [5, 5.41) is 4.01. The van der Waals surface area contributed by atoms with Crippen LogP contribution < -0.4 is 10.2 Å². The Bertz CT molecular complexity index is 461. The summed E-state index contributed by atoms with van der Waals surface area (Å²) in [4.78, 5) is 14.4. The first-order valence-electron chi connectivity index (χ1n) is 6.94. The highest BCUT2D eigenvalue weighted by atomic mass is 35.5.